The van der Waals surface area contributed by atoms with Crippen LogP contribution in [0.2, 0.25) is 5.02 Å². The summed E-state index contributed by atoms with van der Waals surface area (Å²) in [5.41, 5.74) is 1.84. The largest absolute Gasteiger partial charge is 0.494 e. The lowest BCUT2D eigenvalue weighted by molar-refractivity contribution is 0.0980. The van der Waals surface area contributed by atoms with Gasteiger partial charge in [-0.2, -0.15) is 0 Å². The average Bonchev–Trinajstić information content (AvgIpc) is 3.19. The van der Waals surface area contributed by atoms with Crippen molar-refractivity contribution in [3.05, 3.63) is 77.3 Å². The van der Waals surface area contributed by atoms with Crippen LogP contribution in [0.4, 0.5) is 5.13 Å². The van der Waals surface area contributed by atoms with Crippen molar-refractivity contribution >= 4 is 44.2 Å². The second kappa shape index (κ2) is 7.92. The molecule has 0 aliphatic carbocycles. The predicted molar refractivity (Wildman–Crippen MR) is 110 cm³/mol. The summed E-state index contributed by atoms with van der Waals surface area (Å²) in [5, 5.41) is 1.08. The van der Waals surface area contributed by atoms with Gasteiger partial charge in [-0.15, -0.1) is 0 Å². The van der Waals surface area contributed by atoms with Gasteiger partial charge in [-0.05, 0) is 17.7 Å². The zero-order valence-corrected chi connectivity index (χ0v) is 16.4. The Morgan fingerprint density at radius 3 is 2.71 bits per heavy atom. The van der Waals surface area contributed by atoms with Crippen LogP contribution in [0.3, 0.4) is 0 Å². The molecule has 28 heavy (non-hydrogen) atoms. The summed E-state index contributed by atoms with van der Waals surface area (Å²) < 4.78 is 6.16. The van der Waals surface area contributed by atoms with E-state index in [1.165, 1.54) is 29.9 Å². The van der Waals surface area contributed by atoms with Crippen molar-refractivity contribution in [2.75, 3.05) is 12.0 Å². The number of rotatable bonds is 5. The highest BCUT2D eigenvalue weighted by Gasteiger charge is 2.24. The highest BCUT2D eigenvalue weighted by molar-refractivity contribution is 7.23. The number of halogens is 1. The number of amides is 1. The monoisotopic (exact) mass is 410 g/mol. The highest BCUT2D eigenvalue weighted by atomic mass is 35.5. The molecule has 0 atom stereocenters. The molecule has 0 aliphatic rings. The number of benzene rings is 2. The number of thiazole rings is 1. The minimum atomic E-state index is -0.286. The first-order chi connectivity index (χ1) is 13.7. The molecule has 1 amide bonds. The van der Waals surface area contributed by atoms with Crippen LogP contribution < -0.4 is 9.64 Å². The summed E-state index contributed by atoms with van der Waals surface area (Å²) in [7, 11) is 1.58. The molecule has 2 heterocycles. The molecule has 2 aromatic heterocycles. The number of anilines is 1. The zero-order chi connectivity index (χ0) is 19.5. The Morgan fingerprint density at radius 2 is 2.00 bits per heavy atom. The number of carbonyl (C=O) groups is 1. The topological polar surface area (TPSA) is 68.2 Å². The highest BCUT2D eigenvalue weighted by Crippen LogP contribution is 2.39. The van der Waals surface area contributed by atoms with E-state index < -0.39 is 0 Å². The molecular weight excluding hydrogens is 396 g/mol. The van der Waals surface area contributed by atoms with Crippen molar-refractivity contribution in [2.45, 2.75) is 6.54 Å². The van der Waals surface area contributed by atoms with E-state index in [1.807, 2.05) is 30.3 Å². The number of methoxy groups -OCH3 is 1. The summed E-state index contributed by atoms with van der Waals surface area (Å²) in [6.07, 6.45) is 4.47. The first-order valence-electron chi connectivity index (χ1n) is 8.42. The third kappa shape index (κ3) is 3.54. The summed E-state index contributed by atoms with van der Waals surface area (Å²) in [4.78, 5) is 27.6. The Kier molecular flexibility index (Phi) is 5.18. The predicted octanol–water partition coefficient (Wildman–Crippen LogP) is 4.60. The lowest BCUT2D eigenvalue weighted by Crippen LogP contribution is -2.31. The van der Waals surface area contributed by atoms with Gasteiger partial charge >= 0.3 is 0 Å². The van der Waals surface area contributed by atoms with E-state index in [9.17, 15) is 4.79 Å². The van der Waals surface area contributed by atoms with Gasteiger partial charge in [0.05, 0.1) is 29.6 Å². The quantitative estimate of drug-likeness (QED) is 0.481. The Bertz CT molecular complexity index is 1120. The molecule has 0 fully saturated rings. The maximum absolute atomic E-state index is 13.2. The van der Waals surface area contributed by atoms with E-state index in [1.54, 1.807) is 24.1 Å². The van der Waals surface area contributed by atoms with Gasteiger partial charge in [0.1, 0.15) is 17.0 Å². The SMILES string of the molecule is COc1ccc(Cl)c2sc(N(Cc3ccccc3)C(=O)c3cnccn3)nc12. The van der Waals surface area contributed by atoms with Crippen molar-refractivity contribution in [3.8, 4) is 5.75 Å². The van der Waals surface area contributed by atoms with Gasteiger partial charge in [0.2, 0.25) is 0 Å². The van der Waals surface area contributed by atoms with E-state index in [0.29, 0.717) is 28.0 Å². The molecule has 0 saturated carbocycles. The second-order valence-corrected chi connectivity index (χ2v) is 7.28. The number of fused-ring (bicyclic) bond motifs is 1. The number of carbonyl (C=O) groups excluding carboxylic acids is 1. The molecule has 0 bridgehead atoms. The van der Waals surface area contributed by atoms with Gasteiger partial charge in [0, 0.05) is 12.4 Å². The van der Waals surface area contributed by atoms with Crippen molar-refractivity contribution in [3.63, 3.8) is 0 Å². The number of aromatic nitrogens is 3. The molecule has 6 nitrogen and oxygen atoms in total. The number of nitrogens with zero attached hydrogens (tertiary/aromatic N) is 4. The zero-order valence-electron chi connectivity index (χ0n) is 14.9. The van der Waals surface area contributed by atoms with Crippen LogP contribution in [-0.4, -0.2) is 28.0 Å². The first kappa shape index (κ1) is 18.3. The molecule has 4 rings (SSSR count). The molecule has 0 saturated heterocycles. The summed E-state index contributed by atoms with van der Waals surface area (Å²) in [6.45, 7) is 0.343. The number of hydrogen-bond donors (Lipinski definition) is 0. The average molecular weight is 411 g/mol. The smallest absolute Gasteiger partial charge is 0.280 e. The van der Waals surface area contributed by atoms with Crippen LogP contribution in [0.15, 0.2) is 61.1 Å². The van der Waals surface area contributed by atoms with E-state index in [2.05, 4.69) is 15.0 Å². The minimum absolute atomic E-state index is 0.246. The van der Waals surface area contributed by atoms with Gasteiger partial charge in [-0.25, -0.2) is 9.97 Å². The number of ether oxygens (including phenoxy) is 1. The fourth-order valence-corrected chi connectivity index (χ4v) is 4.02. The maximum atomic E-state index is 13.2. The molecule has 0 N–H and O–H groups in total. The molecule has 0 aliphatic heterocycles. The molecular formula is C20H15ClN4O2S. The normalized spacial score (nSPS) is 10.8. The summed E-state index contributed by atoms with van der Waals surface area (Å²) >= 11 is 7.69. The molecule has 0 spiro atoms. The Labute approximate surface area is 170 Å². The first-order valence-corrected chi connectivity index (χ1v) is 9.61. The van der Waals surface area contributed by atoms with Crippen LogP contribution >= 0.6 is 22.9 Å². The maximum Gasteiger partial charge on any atom is 0.280 e. The fraction of sp³-hybridized carbons (Fsp3) is 0.100. The minimum Gasteiger partial charge on any atom is -0.494 e. The summed E-state index contributed by atoms with van der Waals surface area (Å²) in [6, 6.07) is 13.2. The van der Waals surface area contributed by atoms with Crippen LogP contribution in [0.1, 0.15) is 16.1 Å². The van der Waals surface area contributed by atoms with Crippen molar-refractivity contribution in [1.29, 1.82) is 0 Å². The van der Waals surface area contributed by atoms with Gasteiger partial charge < -0.3 is 4.74 Å². The Balaban J connectivity index is 1.82. The lowest BCUT2D eigenvalue weighted by atomic mass is 10.2. The van der Waals surface area contributed by atoms with Crippen LogP contribution in [0.5, 0.6) is 5.75 Å². The van der Waals surface area contributed by atoms with Gasteiger partial charge in [0.15, 0.2) is 5.13 Å². The van der Waals surface area contributed by atoms with Crippen LogP contribution in [0, 0.1) is 0 Å². The molecule has 0 radical (unpaired) electrons. The van der Waals surface area contributed by atoms with E-state index in [-0.39, 0.29) is 11.6 Å². The third-order valence-corrected chi connectivity index (χ3v) is 5.65. The standard InChI is InChI=1S/C20H15ClN4O2S/c1-27-16-8-7-14(21)18-17(16)24-20(28-18)25(12-13-5-3-2-4-6-13)19(26)15-11-22-9-10-23-15/h2-11H,12H2,1H3. The van der Waals surface area contributed by atoms with Gasteiger partial charge in [-0.1, -0.05) is 53.3 Å². The van der Waals surface area contributed by atoms with Crippen molar-refractivity contribution < 1.29 is 9.53 Å². The third-order valence-electron chi connectivity index (χ3n) is 4.11. The lowest BCUT2D eigenvalue weighted by Gasteiger charge is -2.19. The Hall–Kier alpha value is -3.03. The van der Waals surface area contributed by atoms with Crippen LogP contribution in [-0.2, 0) is 6.54 Å². The molecule has 0 unspecified atom stereocenters. The van der Waals surface area contributed by atoms with Gasteiger partial charge in [0.25, 0.3) is 5.91 Å². The summed E-state index contributed by atoms with van der Waals surface area (Å²) in [5.74, 6) is 0.319. The van der Waals surface area contributed by atoms with Crippen LogP contribution in [0.25, 0.3) is 10.2 Å². The van der Waals surface area contributed by atoms with Crippen molar-refractivity contribution in [1.82, 2.24) is 15.0 Å². The van der Waals surface area contributed by atoms with Crippen molar-refractivity contribution in [2.24, 2.45) is 0 Å². The fourth-order valence-electron chi connectivity index (χ4n) is 2.76. The second-order valence-electron chi connectivity index (χ2n) is 5.89. The molecule has 8 heteroatoms. The van der Waals surface area contributed by atoms with E-state index in [0.717, 1.165) is 10.3 Å². The van der Waals surface area contributed by atoms with E-state index >= 15 is 0 Å². The molecule has 140 valence electrons. The Morgan fingerprint density at radius 1 is 1.18 bits per heavy atom. The molecule has 2 aromatic carbocycles. The molecule has 4 aromatic rings. The van der Waals surface area contributed by atoms with Gasteiger partial charge in [-0.3, -0.25) is 14.7 Å². The van der Waals surface area contributed by atoms with E-state index in [4.69, 9.17) is 16.3 Å². The number of hydrogen-bond acceptors (Lipinski definition) is 6.